The molecule has 3 nitrogen and oxygen atoms in total. The Kier molecular flexibility index (Phi) is 3.67. The van der Waals surface area contributed by atoms with Crippen LogP contribution in [0, 0.1) is 13.8 Å². The van der Waals surface area contributed by atoms with E-state index in [1.165, 1.54) is 11.1 Å². The number of carbonyl (C=O) groups excluding carboxylic acids is 1. The molecule has 3 heteroatoms. The van der Waals surface area contributed by atoms with Gasteiger partial charge in [0.05, 0.1) is 0 Å². The molecule has 0 saturated heterocycles. The number of carbonyl (C=O) groups is 1. The van der Waals surface area contributed by atoms with Gasteiger partial charge in [0.25, 0.3) is 0 Å². The molecular formula is C14H20N2O. The Morgan fingerprint density at radius 1 is 1.29 bits per heavy atom. The molecule has 1 aromatic rings. The summed E-state index contributed by atoms with van der Waals surface area (Å²) in [5, 5.41) is 6.26. The maximum absolute atomic E-state index is 11.5. The standard InChI is InChI=1S/C14H20N2O/c1-10-3-4-13(9-11(10)2)15-8-7-14(17)16-12-5-6-12/h3-4,9,12,15H,5-8H2,1-2H3,(H,16,17). The van der Waals surface area contributed by atoms with Crippen LogP contribution in [0.4, 0.5) is 5.69 Å². The Labute approximate surface area is 103 Å². The van der Waals surface area contributed by atoms with Crippen molar-refractivity contribution in [3.05, 3.63) is 29.3 Å². The van der Waals surface area contributed by atoms with Crippen LogP contribution in [0.1, 0.15) is 30.4 Å². The highest BCUT2D eigenvalue weighted by Gasteiger charge is 2.22. The summed E-state index contributed by atoms with van der Waals surface area (Å²) in [6.07, 6.45) is 2.84. The Morgan fingerprint density at radius 2 is 2.06 bits per heavy atom. The van der Waals surface area contributed by atoms with Gasteiger partial charge in [-0.2, -0.15) is 0 Å². The number of anilines is 1. The third-order valence-electron chi connectivity index (χ3n) is 3.13. The molecule has 0 aliphatic heterocycles. The summed E-state index contributed by atoms with van der Waals surface area (Å²) in [5.41, 5.74) is 3.66. The van der Waals surface area contributed by atoms with E-state index < -0.39 is 0 Å². The van der Waals surface area contributed by atoms with Gasteiger partial charge in [-0.1, -0.05) is 6.07 Å². The largest absolute Gasteiger partial charge is 0.385 e. The van der Waals surface area contributed by atoms with Crippen LogP contribution < -0.4 is 10.6 Å². The molecule has 17 heavy (non-hydrogen) atoms. The van der Waals surface area contributed by atoms with Crippen molar-refractivity contribution in [1.29, 1.82) is 0 Å². The lowest BCUT2D eigenvalue weighted by Gasteiger charge is -2.08. The molecule has 2 N–H and O–H groups in total. The number of benzene rings is 1. The Balaban J connectivity index is 1.73. The van der Waals surface area contributed by atoms with Crippen molar-refractivity contribution in [1.82, 2.24) is 5.32 Å². The molecule has 0 atom stereocenters. The van der Waals surface area contributed by atoms with Gasteiger partial charge in [-0.25, -0.2) is 0 Å². The van der Waals surface area contributed by atoms with Crippen molar-refractivity contribution in [2.45, 2.75) is 39.2 Å². The molecule has 1 saturated carbocycles. The molecule has 0 unspecified atom stereocenters. The van der Waals surface area contributed by atoms with Gasteiger partial charge in [0.2, 0.25) is 5.91 Å². The summed E-state index contributed by atoms with van der Waals surface area (Å²) < 4.78 is 0. The second-order valence-corrected chi connectivity index (χ2v) is 4.82. The second kappa shape index (κ2) is 5.21. The fraction of sp³-hybridized carbons (Fsp3) is 0.500. The molecule has 0 heterocycles. The minimum absolute atomic E-state index is 0.156. The van der Waals surface area contributed by atoms with E-state index >= 15 is 0 Å². The molecule has 0 aromatic heterocycles. The lowest BCUT2D eigenvalue weighted by atomic mass is 10.1. The molecule has 0 radical (unpaired) electrons. The number of nitrogens with one attached hydrogen (secondary N) is 2. The van der Waals surface area contributed by atoms with E-state index in [1.54, 1.807) is 0 Å². The van der Waals surface area contributed by atoms with E-state index in [4.69, 9.17) is 0 Å². The van der Waals surface area contributed by atoms with Crippen LogP contribution in [0.2, 0.25) is 0 Å². The van der Waals surface area contributed by atoms with Gasteiger partial charge in [-0.15, -0.1) is 0 Å². The maximum Gasteiger partial charge on any atom is 0.221 e. The lowest BCUT2D eigenvalue weighted by molar-refractivity contribution is -0.120. The smallest absolute Gasteiger partial charge is 0.221 e. The Morgan fingerprint density at radius 3 is 2.71 bits per heavy atom. The monoisotopic (exact) mass is 232 g/mol. The zero-order chi connectivity index (χ0) is 12.3. The summed E-state index contributed by atoms with van der Waals surface area (Å²) in [6.45, 7) is 4.89. The first-order valence-electron chi connectivity index (χ1n) is 6.25. The average Bonchev–Trinajstić information content (AvgIpc) is 3.07. The number of aryl methyl sites for hydroxylation is 2. The SMILES string of the molecule is Cc1ccc(NCCC(=O)NC2CC2)cc1C. The molecule has 1 aliphatic rings. The first kappa shape index (κ1) is 12.0. The quantitative estimate of drug-likeness (QED) is 0.818. The summed E-state index contributed by atoms with van der Waals surface area (Å²) >= 11 is 0. The second-order valence-electron chi connectivity index (χ2n) is 4.82. The van der Waals surface area contributed by atoms with Crippen molar-refractivity contribution in [3.8, 4) is 0 Å². The summed E-state index contributed by atoms with van der Waals surface area (Å²) in [6, 6.07) is 6.74. The van der Waals surface area contributed by atoms with E-state index in [0.717, 1.165) is 18.5 Å². The molecule has 0 bridgehead atoms. The van der Waals surface area contributed by atoms with Crippen LogP contribution in [0.15, 0.2) is 18.2 Å². The minimum Gasteiger partial charge on any atom is -0.385 e. The van der Waals surface area contributed by atoms with Gasteiger partial charge < -0.3 is 10.6 Å². The van der Waals surface area contributed by atoms with E-state index in [9.17, 15) is 4.79 Å². The van der Waals surface area contributed by atoms with E-state index in [2.05, 4.69) is 42.7 Å². The summed E-state index contributed by atoms with van der Waals surface area (Å²) in [7, 11) is 0. The van der Waals surface area contributed by atoms with Crippen molar-refractivity contribution < 1.29 is 4.79 Å². The Bertz CT molecular complexity index is 411. The molecule has 1 aliphatic carbocycles. The van der Waals surface area contributed by atoms with Crippen LogP contribution in [-0.4, -0.2) is 18.5 Å². The first-order chi connectivity index (χ1) is 8.15. The van der Waals surface area contributed by atoms with Crippen LogP contribution in [0.5, 0.6) is 0 Å². The van der Waals surface area contributed by atoms with Crippen LogP contribution in [0.25, 0.3) is 0 Å². The van der Waals surface area contributed by atoms with E-state index in [1.807, 2.05) is 0 Å². The summed E-state index contributed by atoms with van der Waals surface area (Å²) in [5.74, 6) is 0.156. The van der Waals surface area contributed by atoms with Gasteiger partial charge >= 0.3 is 0 Å². The van der Waals surface area contributed by atoms with Gasteiger partial charge in [0, 0.05) is 24.7 Å². The Hall–Kier alpha value is -1.51. The van der Waals surface area contributed by atoms with Crippen molar-refractivity contribution in [2.24, 2.45) is 0 Å². The maximum atomic E-state index is 11.5. The number of rotatable bonds is 5. The summed E-state index contributed by atoms with van der Waals surface area (Å²) in [4.78, 5) is 11.5. The molecule has 0 spiro atoms. The molecule has 2 rings (SSSR count). The number of hydrogen-bond acceptors (Lipinski definition) is 2. The highest BCUT2D eigenvalue weighted by atomic mass is 16.1. The molecule has 92 valence electrons. The third-order valence-corrected chi connectivity index (χ3v) is 3.13. The zero-order valence-corrected chi connectivity index (χ0v) is 10.5. The highest BCUT2D eigenvalue weighted by molar-refractivity contribution is 5.77. The third kappa shape index (κ3) is 3.77. The predicted octanol–water partition coefficient (Wildman–Crippen LogP) is 2.38. The predicted molar refractivity (Wildman–Crippen MR) is 70.2 cm³/mol. The molecule has 1 fully saturated rings. The normalized spacial score (nSPS) is 14.5. The van der Waals surface area contributed by atoms with Crippen molar-refractivity contribution in [2.75, 3.05) is 11.9 Å². The molecule has 1 aromatic carbocycles. The van der Waals surface area contributed by atoms with Crippen LogP contribution in [-0.2, 0) is 4.79 Å². The highest BCUT2D eigenvalue weighted by Crippen LogP contribution is 2.18. The van der Waals surface area contributed by atoms with Crippen molar-refractivity contribution >= 4 is 11.6 Å². The molecular weight excluding hydrogens is 212 g/mol. The molecule has 1 amide bonds. The van der Waals surface area contributed by atoms with Gasteiger partial charge in [-0.05, 0) is 49.9 Å². The van der Waals surface area contributed by atoms with Crippen LogP contribution >= 0.6 is 0 Å². The number of hydrogen-bond donors (Lipinski definition) is 2. The van der Waals surface area contributed by atoms with Gasteiger partial charge in [0.15, 0.2) is 0 Å². The van der Waals surface area contributed by atoms with E-state index in [-0.39, 0.29) is 5.91 Å². The average molecular weight is 232 g/mol. The van der Waals surface area contributed by atoms with Gasteiger partial charge in [-0.3, -0.25) is 4.79 Å². The topological polar surface area (TPSA) is 41.1 Å². The fourth-order valence-corrected chi connectivity index (χ4v) is 1.70. The lowest BCUT2D eigenvalue weighted by Crippen LogP contribution is -2.27. The number of amides is 1. The van der Waals surface area contributed by atoms with Crippen LogP contribution in [0.3, 0.4) is 0 Å². The minimum atomic E-state index is 0.156. The fourth-order valence-electron chi connectivity index (χ4n) is 1.70. The van der Waals surface area contributed by atoms with Crippen molar-refractivity contribution in [3.63, 3.8) is 0 Å². The first-order valence-corrected chi connectivity index (χ1v) is 6.25. The zero-order valence-electron chi connectivity index (χ0n) is 10.5. The van der Waals surface area contributed by atoms with E-state index in [0.29, 0.717) is 19.0 Å². The van der Waals surface area contributed by atoms with Gasteiger partial charge in [0.1, 0.15) is 0 Å².